The minimum Gasteiger partial charge on any atom is -0.340 e. The minimum atomic E-state index is -3.51. The quantitative estimate of drug-likeness (QED) is 0.787. The Morgan fingerprint density at radius 3 is 2.00 bits per heavy atom. The van der Waals surface area contributed by atoms with Crippen molar-refractivity contribution in [3.63, 3.8) is 0 Å². The van der Waals surface area contributed by atoms with Crippen LogP contribution in [0.2, 0.25) is 0 Å². The number of amides is 1. The van der Waals surface area contributed by atoms with E-state index in [9.17, 15) is 13.2 Å². The van der Waals surface area contributed by atoms with Crippen LogP contribution in [-0.2, 0) is 14.8 Å². The molecular weight excluding hydrogens is 374 g/mol. The first kappa shape index (κ1) is 22.9. The Labute approximate surface area is 163 Å². The predicted octanol–water partition coefficient (Wildman–Crippen LogP) is 2.01. The third-order valence-corrected chi connectivity index (χ3v) is 7.30. The topological polar surface area (TPSA) is 83.7 Å². The number of carbonyl (C=O) groups excluding carboxylic acids is 1. The number of rotatable bonds is 6. The molecule has 0 spiro atoms. The van der Waals surface area contributed by atoms with Crippen molar-refractivity contribution in [2.24, 2.45) is 11.1 Å². The van der Waals surface area contributed by atoms with Gasteiger partial charge in [-0.25, -0.2) is 8.42 Å². The van der Waals surface area contributed by atoms with Crippen LogP contribution in [0, 0.1) is 12.3 Å². The largest absolute Gasteiger partial charge is 0.340 e. The van der Waals surface area contributed by atoms with E-state index in [1.807, 2.05) is 20.8 Å². The van der Waals surface area contributed by atoms with Crippen molar-refractivity contribution in [1.29, 1.82) is 0 Å². The molecule has 2 rings (SSSR count). The van der Waals surface area contributed by atoms with Gasteiger partial charge in [-0.15, -0.1) is 12.4 Å². The number of carbonyl (C=O) groups is 1. The molecule has 0 aromatic heterocycles. The van der Waals surface area contributed by atoms with Crippen LogP contribution < -0.4 is 5.73 Å². The zero-order valence-corrected chi connectivity index (χ0v) is 17.4. The number of aryl methyl sites for hydroxylation is 1. The molecule has 0 atom stereocenters. The van der Waals surface area contributed by atoms with Crippen LogP contribution in [0.5, 0.6) is 0 Å². The second-order valence-electron chi connectivity index (χ2n) is 6.70. The fourth-order valence-corrected chi connectivity index (χ4v) is 4.68. The highest BCUT2D eigenvalue weighted by atomic mass is 35.5. The van der Waals surface area contributed by atoms with Gasteiger partial charge in [-0.05, 0) is 31.9 Å². The molecule has 0 bridgehead atoms. The zero-order valence-electron chi connectivity index (χ0n) is 15.8. The zero-order chi connectivity index (χ0) is 18.7. The van der Waals surface area contributed by atoms with Crippen LogP contribution in [0.4, 0.5) is 0 Å². The molecule has 26 heavy (non-hydrogen) atoms. The van der Waals surface area contributed by atoms with Gasteiger partial charge in [-0.3, -0.25) is 4.79 Å². The standard InChI is InChI=1S/C18H29N3O3S.ClH/c1-4-18(5-2,14-19)17(22)20-10-12-21(13-11-20)25(23,24)16-8-6-15(3)7-9-16;/h6-9H,4-5,10-14,19H2,1-3H3;1H. The number of hydrogen-bond acceptors (Lipinski definition) is 4. The van der Waals surface area contributed by atoms with Crippen molar-refractivity contribution in [3.8, 4) is 0 Å². The molecule has 1 fully saturated rings. The summed E-state index contributed by atoms with van der Waals surface area (Å²) in [7, 11) is -3.51. The molecule has 2 N–H and O–H groups in total. The third kappa shape index (κ3) is 4.39. The van der Waals surface area contributed by atoms with E-state index in [0.29, 0.717) is 50.5 Å². The Hall–Kier alpha value is -1.15. The molecule has 8 heteroatoms. The first-order valence-electron chi connectivity index (χ1n) is 8.87. The van der Waals surface area contributed by atoms with Gasteiger partial charge >= 0.3 is 0 Å². The molecule has 0 saturated carbocycles. The monoisotopic (exact) mass is 403 g/mol. The van der Waals surface area contributed by atoms with Crippen LogP contribution in [0.1, 0.15) is 32.3 Å². The van der Waals surface area contributed by atoms with Crippen molar-refractivity contribution in [2.75, 3.05) is 32.7 Å². The predicted molar refractivity (Wildman–Crippen MR) is 106 cm³/mol. The van der Waals surface area contributed by atoms with Gasteiger partial charge in [0.25, 0.3) is 0 Å². The van der Waals surface area contributed by atoms with E-state index in [-0.39, 0.29) is 18.3 Å². The van der Waals surface area contributed by atoms with Crippen molar-refractivity contribution < 1.29 is 13.2 Å². The van der Waals surface area contributed by atoms with Crippen LogP contribution in [0.15, 0.2) is 29.2 Å². The van der Waals surface area contributed by atoms with Crippen molar-refractivity contribution in [1.82, 2.24) is 9.21 Å². The SMILES string of the molecule is CCC(CC)(CN)C(=O)N1CCN(S(=O)(=O)c2ccc(C)cc2)CC1.Cl. The highest BCUT2D eigenvalue weighted by Crippen LogP contribution is 2.29. The maximum absolute atomic E-state index is 12.9. The Morgan fingerprint density at radius 1 is 1.08 bits per heavy atom. The van der Waals surface area contributed by atoms with Crippen molar-refractivity contribution >= 4 is 28.3 Å². The number of hydrogen-bond donors (Lipinski definition) is 1. The average molecular weight is 404 g/mol. The van der Waals surface area contributed by atoms with Gasteiger partial charge in [0.05, 0.1) is 10.3 Å². The first-order chi connectivity index (χ1) is 11.8. The molecule has 1 aromatic rings. The number of nitrogens with two attached hydrogens (primary N) is 1. The number of piperazine rings is 1. The number of benzene rings is 1. The summed E-state index contributed by atoms with van der Waals surface area (Å²) in [5.74, 6) is 0.0485. The lowest BCUT2D eigenvalue weighted by Gasteiger charge is -2.39. The molecule has 1 aliphatic rings. The molecular formula is C18H30ClN3O3S. The lowest BCUT2D eigenvalue weighted by Crippen LogP contribution is -2.55. The summed E-state index contributed by atoms with van der Waals surface area (Å²) in [6, 6.07) is 6.86. The van der Waals surface area contributed by atoms with E-state index in [4.69, 9.17) is 5.73 Å². The number of sulfonamides is 1. The fourth-order valence-electron chi connectivity index (χ4n) is 3.25. The normalized spacial score (nSPS) is 16.2. The molecule has 6 nitrogen and oxygen atoms in total. The first-order valence-corrected chi connectivity index (χ1v) is 10.3. The van der Waals surface area contributed by atoms with Crippen LogP contribution in [0.3, 0.4) is 0 Å². The Morgan fingerprint density at radius 2 is 1.58 bits per heavy atom. The Kier molecular flexibility index (Phi) is 8.07. The second-order valence-corrected chi connectivity index (χ2v) is 8.64. The highest BCUT2D eigenvalue weighted by Gasteiger charge is 2.39. The maximum atomic E-state index is 12.9. The summed E-state index contributed by atoms with van der Waals surface area (Å²) < 4.78 is 26.9. The number of nitrogens with zero attached hydrogens (tertiary/aromatic N) is 2. The van der Waals surface area contributed by atoms with Crippen molar-refractivity contribution in [2.45, 2.75) is 38.5 Å². The van der Waals surface area contributed by atoms with Gasteiger partial charge in [0, 0.05) is 32.7 Å². The lowest BCUT2D eigenvalue weighted by molar-refractivity contribution is -0.143. The van der Waals surface area contributed by atoms with E-state index in [2.05, 4.69) is 0 Å². The molecule has 1 aromatic carbocycles. The maximum Gasteiger partial charge on any atom is 0.243 e. The van der Waals surface area contributed by atoms with E-state index in [1.54, 1.807) is 29.2 Å². The lowest BCUT2D eigenvalue weighted by atomic mass is 9.81. The van der Waals surface area contributed by atoms with Crippen LogP contribution in [-0.4, -0.2) is 56.3 Å². The summed E-state index contributed by atoms with van der Waals surface area (Å²) in [6.07, 6.45) is 1.39. The van der Waals surface area contributed by atoms with E-state index < -0.39 is 15.4 Å². The van der Waals surface area contributed by atoms with Gasteiger partial charge in [0.15, 0.2) is 0 Å². The molecule has 1 heterocycles. The molecule has 0 unspecified atom stereocenters. The van der Waals surface area contributed by atoms with E-state index in [0.717, 1.165) is 5.56 Å². The molecule has 148 valence electrons. The molecule has 1 saturated heterocycles. The third-order valence-electron chi connectivity index (χ3n) is 5.38. The van der Waals surface area contributed by atoms with Crippen LogP contribution in [0.25, 0.3) is 0 Å². The molecule has 0 radical (unpaired) electrons. The summed E-state index contributed by atoms with van der Waals surface area (Å²) in [6.45, 7) is 7.65. The van der Waals surface area contributed by atoms with Gasteiger partial charge in [0.2, 0.25) is 15.9 Å². The van der Waals surface area contributed by atoms with Crippen molar-refractivity contribution in [3.05, 3.63) is 29.8 Å². The van der Waals surface area contributed by atoms with Crippen LogP contribution >= 0.6 is 12.4 Å². The second kappa shape index (κ2) is 9.17. The van der Waals surface area contributed by atoms with Gasteiger partial charge in [-0.2, -0.15) is 4.31 Å². The smallest absolute Gasteiger partial charge is 0.243 e. The summed E-state index contributed by atoms with van der Waals surface area (Å²) >= 11 is 0. The molecule has 0 aliphatic carbocycles. The van der Waals surface area contributed by atoms with Gasteiger partial charge in [-0.1, -0.05) is 31.5 Å². The fraction of sp³-hybridized carbons (Fsp3) is 0.611. The average Bonchev–Trinajstić information content (AvgIpc) is 2.64. The van der Waals surface area contributed by atoms with E-state index >= 15 is 0 Å². The Balaban J connectivity index is 0.00000338. The molecule has 1 amide bonds. The van der Waals surface area contributed by atoms with Gasteiger partial charge in [0.1, 0.15) is 0 Å². The minimum absolute atomic E-state index is 0. The van der Waals surface area contributed by atoms with E-state index in [1.165, 1.54) is 4.31 Å². The Bertz CT molecular complexity index is 687. The summed E-state index contributed by atoms with van der Waals surface area (Å²) in [4.78, 5) is 14.9. The summed E-state index contributed by atoms with van der Waals surface area (Å²) in [5, 5.41) is 0. The van der Waals surface area contributed by atoms with Gasteiger partial charge < -0.3 is 10.6 Å². The molecule has 1 aliphatic heterocycles. The summed E-state index contributed by atoms with van der Waals surface area (Å²) in [5.41, 5.74) is 6.36. The highest BCUT2D eigenvalue weighted by molar-refractivity contribution is 7.89. The number of halogens is 1.